The Kier molecular flexibility index (Phi) is 6.60. The molecule has 4 rings (SSSR count). The van der Waals surface area contributed by atoms with Crippen LogP contribution in [0.2, 0.25) is 0 Å². The van der Waals surface area contributed by atoms with Gasteiger partial charge in [0.2, 0.25) is 0 Å². The molecule has 0 saturated carbocycles. The zero-order chi connectivity index (χ0) is 22.6. The summed E-state index contributed by atoms with van der Waals surface area (Å²) < 4.78 is 45.0. The maximum absolute atomic E-state index is 13.0. The number of benzene rings is 3. The van der Waals surface area contributed by atoms with Gasteiger partial charge in [0.05, 0.1) is 5.56 Å². The minimum atomic E-state index is -4.47. The number of hydrogen-bond acceptors (Lipinski definition) is 3. The van der Waals surface area contributed by atoms with E-state index in [4.69, 9.17) is 4.74 Å². The zero-order valence-electron chi connectivity index (χ0n) is 17.0. The molecule has 1 atom stereocenters. The largest absolute Gasteiger partial charge is 0.489 e. The third-order valence-corrected chi connectivity index (χ3v) is 6.26. The van der Waals surface area contributed by atoms with Crippen LogP contribution in [0, 0.1) is 0 Å². The summed E-state index contributed by atoms with van der Waals surface area (Å²) in [5, 5.41) is 2.31. The van der Waals surface area contributed by atoms with Gasteiger partial charge in [-0.25, -0.2) is 4.79 Å². The minimum Gasteiger partial charge on any atom is -0.489 e. The Bertz CT molecular complexity index is 1080. The summed E-state index contributed by atoms with van der Waals surface area (Å²) in [4.78, 5) is 14.6. The normalized spacial score (nSPS) is 16.1. The number of para-hydroxylation sites is 1. The monoisotopic (exact) mass is 458 g/mol. The number of nitrogens with one attached hydrogen (secondary N) is 1. The van der Waals surface area contributed by atoms with E-state index in [1.165, 1.54) is 12.1 Å². The molecule has 1 aliphatic heterocycles. The summed E-state index contributed by atoms with van der Waals surface area (Å²) in [5.74, 6) is 1.39. The second-order valence-corrected chi connectivity index (χ2v) is 8.43. The van der Waals surface area contributed by atoms with Crippen LogP contribution in [-0.4, -0.2) is 23.2 Å². The van der Waals surface area contributed by atoms with Gasteiger partial charge < -0.3 is 15.0 Å². The van der Waals surface area contributed by atoms with Crippen LogP contribution in [0.4, 0.5) is 23.7 Å². The van der Waals surface area contributed by atoms with Gasteiger partial charge >= 0.3 is 12.2 Å². The molecular formula is C24H21F3N2O2S. The van der Waals surface area contributed by atoms with Gasteiger partial charge in [0.25, 0.3) is 0 Å². The van der Waals surface area contributed by atoms with Crippen molar-refractivity contribution in [1.82, 2.24) is 4.90 Å². The van der Waals surface area contributed by atoms with E-state index >= 15 is 0 Å². The Morgan fingerprint density at radius 3 is 2.56 bits per heavy atom. The molecule has 0 bridgehead atoms. The zero-order valence-corrected chi connectivity index (χ0v) is 17.8. The van der Waals surface area contributed by atoms with Gasteiger partial charge in [-0.15, -0.1) is 11.8 Å². The van der Waals surface area contributed by atoms with E-state index in [2.05, 4.69) is 5.32 Å². The number of nitrogens with zero attached hydrogens (tertiary/aromatic N) is 1. The summed E-state index contributed by atoms with van der Waals surface area (Å²) >= 11 is 1.59. The van der Waals surface area contributed by atoms with E-state index in [1.807, 2.05) is 54.6 Å². The van der Waals surface area contributed by atoms with Gasteiger partial charge in [-0.1, -0.05) is 54.6 Å². The first kappa shape index (κ1) is 22.1. The summed E-state index contributed by atoms with van der Waals surface area (Å²) in [6.07, 6.45) is -4.47. The number of halogens is 3. The van der Waals surface area contributed by atoms with Gasteiger partial charge in [0, 0.05) is 23.5 Å². The van der Waals surface area contributed by atoms with Crippen molar-refractivity contribution >= 4 is 23.5 Å². The van der Waals surface area contributed by atoms with Crippen molar-refractivity contribution in [2.75, 3.05) is 17.6 Å². The molecule has 3 aromatic carbocycles. The van der Waals surface area contributed by atoms with E-state index in [0.717, 1.165) is 23.3 Å². The predicted octanol–water partition coefficient (Wildman–Crippen LogP) is 6.56. The molecule has 0 spiro atoms. The van der Waals surface area contributed by atoms with Crippen LogP contribution >= 0.6 is 11.8 Å². The molecular weight excluding hydrogens is 437 g/mol. The van der Waals surface area contributed by atoms with Crippen molar-refractivity contribution in [3.63, 3.8) is 0 Å². The fourth-order valence-corrected chi connectivity index (χ4v) is 4.74. The van der Waals surface area contributed by atoms with Gasteiger partial charge in [-0.3, -0.25) is 0 Å². The SMILES string of the molecule is O=C(Nc1cccc(C(F)(F)F)c1)N1CCSC1c1ccccc1OCc1ccccc1. The lowest BCUT2D eigenvalue weighted by atomic mass is 10.1. The number of urea groups is 1. The quantitative estimate of drug-likeness (QED) is 0.471. The van der Waals surface area contributed by atoms with Crippen molar-refractivity contribution < 1.29 is 22.7 Å². The number of carbonyl (C=O) groups is 1. The molecule has 1 saturated heterocycles. The number of rotatable bonds is 5. The van der Waals surface area contributed by atoms with Gasteiger partial charge in [-0.2, -0.15) is 13.2 Å². The van der Waals surface area contributed by atoms with Crippen LogP contribution in [0.3, 0.4) is 0 Å². The Labute approximate surface area is 188 Å². The molecule has 0 aliphatic carbocycles. The predicted molar refractivity (Wildman–Crippen MR) is 120 cm³/mol. The third-order valence-electron chi connectivity index (χ3n) is 5.02. The molecule has 166 valence electrons. The summed E-state index contributed by atoms with van der Waals surface area (Å²) in [6, 6.07) is 21.5. The fraction of sp³-hybridized carbons (Fsp3) is 0.208. The molecule has 32 heavy (non-hydrogen) atoms. The van der Waals surface area contributed by atoms with E-state index in [1.54, 1.807) is 16.7 Å². The number of ether oxygens (including phenoxy) is 1. The van der Waals surface area contributed by atoms with Gasteiger partial charge in [0.1, 0.15) is 17.7 Å². The summed E-state index contributed by atoms with van der Waals surface area (Å²) in [7, 11) is 0. The number of hydrogen-bond donors (Lipinski definition) is 1. The third kappa shape index (κ3) is 5.19. The molecule has 4 nitrogen and oxygen atoms in total. The van der Waals surface area contributed by atoms with Crippen molar-refractivity contribution in [3.8, 4) is 5.75 Å². The van der Waals surface area contributed by atoms with Crippen molar-refractivity contribution in [2.45, 2.75) is 18.2 Å². The highest BCUT2D eigenvalue weighted by Crippen LogP contribution is 2.42. The van der Waals surface area contributed by atoms with Crippen molar-refractivity contribution in [3.05, 3.63) is 95.6 Å². The lowest BCUT2D eigenvalue weighted by molar-refractivity contribution is -0.137. The molecule has 1 fully saturated rings. The lowest BCUT2D eigenvalue weighted by Gasteiger charge is -2.26. The van der Waals surface area contributed by atoms with Crippen molar-refractivity contribution in [1.29, 1.82) is 0 Å². The van der Waals surface area contributed by atoms with Crippen LogP contribution < -0.4 is 10.1 Å². The highest BCUT2D eigenvalue weighted by molar-refractivity contribution is 7.99. The second-order valence-electron chi connectivity index (χ2n) is 7.24. The smallest absolute Gasteiger partial charge is 0.416 e. The maximum atomic E-state index is 13.0. The number of anilines is 1. The standard InChI is InChI=1S/C24H21F3N2O2S/c25-24(26,27)18-9-6-10-19(15-18)28-23(30)29-13-14-32-22(29)20-11-4-5-12-21(20)31-16-17-7-2-1-3-8-17/h1-12,15,22H,13-14,16H2,(H,28,30). The first-order chi connectivity index (χ1) is 15.4. The van der Waals surface area contributed by atoms with E-state index in [0.29, 0.717) is 24.7 Å². The Balaban J connectivity index is 1.50. The molecule has 0 aromatic heterocycles. The highest BCUT2D eigenvalue weighted by atomic mass is 32.2. The van der Waals surface area contributed by atoms with E-state index < -0.39 is 17.8 Å². The number of amides is 2. The number of carbonyl (C=O) groups excluding carboxylic acids is 1. The number of alkyl halides is 3. The molecule has 1 heterocycles. The number of thioether (sulfide) groups is 1. The van der Waals surface area contributed by atoms with Crippen LogP contribution in [0.15, 0.2) is 78.9 Å². The Hall–Kier alpha value is -3.13. The summed E-state index contributed by atoms with van der Waals surface area (Å²) in [6.45, 7) is 0.874. The first-order valence-corrected chi connectivity index (χ1v) is 11.1. The average molecular weight is 459 g/mol. The van der Waals surface area contributed by atoms with Crippen LogP contribution in [0.5, 0.6) is 5.75 Å². The summed E-state index contributed by atoms with van der Waals surface area (Å²) in [5.41, 5.74) is 1.18. The van der Waals surface area contributed by atoms with E-state index in [9.17, 15) is 18.0 Å². The van der Waals surface area contributed by atoms with Gasteiger partial charge in [-0.05, 0) is 29.8 Å². The molecule has 1 unspecified atom stereocenters. The topological polar surface area (TPSA) is 41.6 Å². The molecule has 1 aliphatic rings. The van der Waals surface area contributed by atoms with E-state index in [-0.39, 0.29) is 11.1 Å². The van der Waals surface area contributed by atoms with Crippen LogP contribution in [0.25, 0.3) is 0 Å². The minimum absolute atomic E-state index is 0.106. The van der Waals surface area contributed by atoms with Crippen LogP contribution in [0.1, 0.15) is 22.1 Å². The first-order valence-electron chi connectivity index (χ1n) is 10.0. The average Bonchev–Trinajstić information content (AvgIpc) is 3.28. The fourth-order valence-electron chi connectivity index (χ4n) is 3.46. The molecule has 2 amide bonds. The maximum Gasteiger partial charge on any atom is 0.416 e. The molecule has 0 radical (unpaired) electrons. The highest BCUT2D eigenvalue weighted by Gasteiger charge is 2.34. The lowest BCUT2D eigenvalue weighted by Crippen LogP contribution is -2.34. The van der Waals surface area contributed by atoms with Crippen LogP contribution in [-0.2, 0) is 12.8 Å². The second kappa shape index (κ2) is 9.56. The Morgan fingerprint density at radius 2 is 1.78 bits per heavy atom. The van der Waals surface area contributed by atoms with Crippen molar-refractivity contribution in [2.24, 2.45) is 0 Å². The molecule has 8 heteroatoms. The van der Waals surface area contributed by atoms with Gasteiger partial charge in [0.15, 0.2) is 0 Å². The Morgan fingerprint density at radius 1 is 1.03 bits per heavy atom. The molecule has 3 aromatic rings. The molecule has 1 N–H and O–H groups in total.